The Kier molecular flexibility index (Phi) is 3.64. The van der Waals surface area contributed by atoms with Crippen LogP contribution in [0.1, 0.15) is 24.6 Å². The third kappa shape index (κ3) is 2.58. The van der Waals surface area contributed by atoms with E-state index >= 15 is 0 Å². The molecule has 0 saturated carbocycles. The summed E-state index contributed by atoms with van der Waals surface area (Å²) in [5.74, 6) is 0.549. The first-order valence-corrected chi connectivity index (χ1v) is 5.99. The van der Waals surface area contributed by atoms with Gasteiger partial charge in [0.1, 0.15) is 5.82 Å². The zero-order valence-corrected chi connectivity index (χ0v) is 10.5. The maximum absolute atomic E-state index is 6.14. The molecule has 0 aliphatic heterocycles. The van der Waals surface area contributed by atoms with Crippen LogP contribution in [0.4, 0.5) is 5.82 Å². The Morgan fingerprint density at radius 2 is 2.29 bits per heavy atom. The van der Waals surface area contributed by atoms with Gasteiger partial charge in [-0.15, -0.1) is 0 Å². The van der Waals surface area contributed by atoms with E-state index in [9.17, 15) is 0 Å². The quantitative estimate of drug-likeness (QED) is 0.907. The number of rotatable bonds is 4. The zero-order chi connectivity index (χ0) is 12.3. The van der Waals surface area contributed by atoms with E-state index in [0.717, 1.165) is 24.2 Å². The van der Waals surface area contributed by atoms with Gasteiger partial charge in [-0.25, -0.2) is 4.98 Å². The van der Waals surface area contributed by atoms with Crippen molar-refractivity contribution >= 4 is 17.4 Å². The van der Waals surface area contributed by atoms with Crippen LogP contribution in [0.25, 0.3) is 0 Å². The third-order valence-corrected chi connectivity index (χ3v) is 2.93. The second-order valence-corrected chi connectivity index (χ2v) is 4.29. The molecule has 5 heteroatoms. The van der Waals surface area contributed by atoms with Crippen LogP contribution in [0.5, 0.6) is 0 Å². The SMILES string of the molecule is CCCn1ncc(Cl)c1Cc1cccnc1N. The maximum atomic E-state index is 6.14. The van der Waals surface area contributed by atoms with Crippen molar-refractivity contribution in [2.75, 3.05) is 5.73 Å². The van der Waals surface area contributed by atoms with Crippen molar-refractivity contribution in [3.63, 3.8) is 0 Å². The molecule has 2 heterocycles. The molecule has 17 heavy (non-hydrogen) atoms. The third-order valence-electron chi connectivity index (χ3n) is 2.62. The van der Waals surface area contributed by atoms with Gasteiger partial charge < -0.3 is 5.73 Å². The highest BCUT2D eigenvalue weighted by Crippen LogP contribution is 2.21. The van der Waals surface area contributed by atoms with E-state index in [0.29, 0.717) is 17.3 Å². The van der Waals surface area contributed by atoms with Gasteiger partial charge in [0.15, 0.2) is 0 Å². The number of hydrogen-bond donors (Lipinski definition) is 1. The standard InChI is InChI=1S/C12H15ClN4/c1-2-6-17-11(10(13)8-16-17)7-9-4-3-5-15-12(9)14/h3-5,8H,2,6-7H2,1H3,(H2,14,15). The van der Waals surface area contributed by atoms with Crippen molar-refractivity contribution in [3.8, 4) is 0 Å². The lowest BCUT2D eigenvalue weighted by Gasteiger charge is -2.08. The van der Waals surface area contributed by atoms with Crippen LogP contribution in [-0.4, -0.2) is 14.8 Å². The van der Waals surface area contributed by atoms with E-state index in [1.165, 1.54) is 0 Å². The molecule has 0 unspecified atom stereocenters. The summed E-state index contributed by atoms with van der Waals surface area (Å²) in [4.78, 5) is 4.07. The van der Waals surface area contributed by atoms with Crippen LogP contribution >= 0.6 is 11.6 Å². The number of nitrogen functional groups attached to an aromatic ring is 1. The molecule has 0 amide bonds. The van der Waals surface area contributed by atoms with Gasteiger partial charge in [0.05, 0.1) is 16.9 Å². The number of nitrogens with two attached hydrogens (primary N) is 1. The maximum Gasteiger partial charge on any atom is 0.126 e. The molecule has 0 bridgehead atoms. The number of halogens is 1. The summed E-state index contributed by atoms with van der Waals surface area (Å²) < 4.78 is 1.93. The predicted octanol–water partition coefficient (Wildman–Crippen LogP) is 2.51. The van der Waals surface area contributed by atoms with Crippen LogP contribution in [0.3, 0.4) is 0 Å². The van der Waals surface area contributed by atoms with Gasteiger partial charge in [-0.2, -0.15) is 5.10 Å². The van der Waals surface area contributed by atoms with Crippen LogP contribution in [0, 0.1) is 0 Å². The summed E-state index contributed by atoms with van der Waals surface area (Å²) in [5, 5.41) is 4.94. The summed E-state index contributed by atoms with van der Waals surface area (Å²) in [5.41, 5.74) is 7.80. The van der Waals surface area contributed by atoms with Crippen LogP contribution in [-0.2, 0) is 13.0 Å². The molecule has 2 aromatic rings. The fourth-order valence-corrected chi connectivity index (χ4v) is 1.96. The molecule has 0 saturated heterocycles. The Balaban J connectivity index is 2.29. The minimum atomic E-state index is 0.549. The van der Waals surface area contributed by atoms with Crippen molar-refractivity contribution in [3.05, 3.63) is 40.8 Å². The molecular formula is C12H15ClN4. The molecule has 0 fully saturated rings. The second-order valence-electron chi connectivity index (χ2n) is 3.89. The number of hydrogen-bond acceptors (Lipinski definition) is 3. The van der Waals surface area contributed by atoms with Gasteiger partial charge in [0.25, 0.3) is 0 Å². The molecule has 4 nitrogen and oxygen atoms in total. The molecule has 0 aliphatic carbocycles. The molecule has 2 aromatic heterocycles. The fraction of sp³-hybridized carbons (Fsp3) is 0.333. The number of pyridine rings is 1. The lowest BCUT2D eigenvalue weighted by molar-refractivity contribution is 0.580. The smallest absolute Gasteiger partial charge is 0.126 e. The Labute approximate surface area is 105 Å². The van der Waals surface area contributed by atoms with Crippen molar-refractivity contribution in [1.82, 2.24) is 14.8 Å². The highest BCUT2D eigenvalue weighted by molar-refractivity contribution is 6.31. The topological polar surface area (TPSA) is 56.7 Å². The number of nitrogens with zero attached hydrogens (tertiary/aromatic N) is 3. The molecule has 0 aliphatic rings. The first-order chi connectivity index (χ1) is 8.22. The summed E-state index contributed by atoms with van der Waals surface area (Å²) in [6.45, 7) is 2.97. The Hall–Kier alpha value is -1.55. The Bertz CT molecular complexity index is 507. The second kappa shape index (κ2) is 5.19. The zero-order valence-electron chi connectivity index (χ0n) is 9.73. The van der Waals surface area contributed by atoms with Crippen LogP contribution in [0.15, 0.2) is 24.5 Å². The van der Waals surface area contributed by atoms with Crippen LogP contribution in [0.2, 0.25) is 5.02 Å². The van der Waals surface area contributed by atoms with E-state index in [-0.39, 0.29) is 0 Å². The average Bonchev–Trinajstić information content (AvgIpc) is 2.65. The Morgan fingerprint density at radius 1 is 1.47 bits per heavy atom. The molecule has 90 valence electrons. The highest BCUT2D eigenvalue weighted by Gasteiger charge is 2.11. The Morgan fingerprint density at radius 3 is 3.00 bits per heavy atom. The lowest BCUT2D eigenvalue weighted by atomic mass is 10.1. The average molecular weight is 251 g/mol. The van der Waals surface area contributed by atoms with Crippen molar-refractivity contribution < 1.29 is 0 Å². The monoisotopic (exact) mass is 250 g/mol. The summed E-state index contributed by atoms with van der Waals surface area (Å²) in [7, 11) is 0. The summed E-state index contributed by atoms with van der Waals surface area (Å²) in [6, 6.07) is 3.84. The van der Waals surface area contributed by atoms with Crippen molar-refractivity contribution in [2.24, 2.45) is 0 Å². The highest BCUT2D eigenvalue weighted by atomic mass is 35.5. The van der Waals surface area contributed by atoms with Gasteiger partial charge in [0.2, 0.25) is 0 Å². The van der Waals surface area contributed by atoms with Gasteiger partial charge >= 0.3 is 0 Å². The van der Waals surface area contributed by atoms with E-state index in [1.807, 2.05) is 16.8 Å². The number of anilines is 1. The minimum Gasteiger partial charge on any atom is -0.383 e. The van der Waals surface area contributed by atoms with E-state index in [1.54, 1.807) is 12.4 Å². The summed E-state index contributed by atoms with van der Waals surface area (Å²) in [6.07, 6.45) is 5.05. The van der Waals surface area contributed by atoms with Gasteiger partial charge in [0, 0.05) is 24.7 Å². The largest absolute Gasteiger partial charge is 0.383 e. The minimum absolute atomic E-state index is 0.549. The lowest BCUT2D eigenvalue weighted by Crippen LogP contribution is -2.07. The molecule has 0 aromatic carbocycles. The predicted molar refractivity (Wildman–Crippen MR) is 69.0 cm³/mol. The van der Waals surface area contributed by atoms with Crippen molar-refractivity contribution in [1.29, 1.82) is 0 Å². The van der Waals surface area contributed by atoms with Gasteiger partial charge in [-0.05, 0) is 12.5 Å². The van der Waals surface area contributed by atoms with Crippen LogP contribution < -0.4 is 5.73 Å². The van der Waals surface area contributed by atoms with E-state index < -0.39 is 0 Å². The van der Waals surface area contributed by atoms with Gasteiger partial charge in [-0.3, -0.25) is 4.68 Å². The van der Waals surface area contributed by atoms with Gasteiger partial charge in [-0.1, -0.05) is 24.6 Å². The summed E-state index contributed by atoms with van der Waals surface area (Å²) >= 11 is 6.14. The first-order valence-electron chi connectivity index (χ1n) is 5.62. The molecule has 2 rings (SSSR count). The molecule has 0 radical (unpaired) electrons. The number of aromatic nitrogens is 3. The normalized spacial score (nSPS) is 10.7. The van der Waals surface area contributed by atoms with Crippen molar-refractivity contribution in [2.45, 2.75) is 26.3 Å². The van der Waals surface area contributed by atoms with E-state index in [4.69, 9.17) is 17.3 Å². The van der Waals surface area contributed by atoms with E-state index in [2.05, 4.69) is 17.0 Å². The molecule has 0 atom stereocenters. The molecule has 2 N–H and O–H groups in total. The number of aryl methyl sites for hydroxylation is 1. The first kappa shape index (κ1) is 11.9. The fourth-order valence-electron chi connectivity index (χ4n) is 1.75. The molecule has 0 spiro atoms. The molecular weight excluding hydrogens is 236 g/mol.